The highest BCUT2D eigenvalue weighted by atomic mass is 32.2. The quantitative estimate of drug-likeness (QED) is 0.418. The number of rotatable bonds is 4. The number of hydrogen-bond acceptors (Lipinski definition) is 6. The minimum atomic E-state index is -5.08. The van der Waals surface area contributed by atoms with Gasteiger partial charge in [0.25, 0.3) is 0 Å². The first-order chi connectivity index (χ1) is 16.3. The van der Waals surface area contributed by atoms with Crippen LogP contribution in [0.15, 0.2) is 47.6 Å². The zero-order valence-corrected chi connectivity index (χ0v) is 19.5. The number of carboxylic acid groups (broad SMARTS) is 1. The van der Waals surface area contributed by atoms with Gasteiger partial charge in [-0.2, -0.15) is 13.2 Å². The van der Waals surface area contributed by atoms with Crippen molar-refractivity contribution >= 4 is 27.3 Å². The van der Waals surface area contributed by atoms with Crippen LogP contribution in [0.5, 0.6) is 0 Å². The molecule has 2 heterocycles. The summed E-state index contributed by atoms with van der Waals surface area (Å²) in [5, 5.41) is 16.8. The van der Waals surface area contributed by atoms with E-state index in [9.17, 15) is 26.7 Å². The number of aliphatic hydroxyl groups excluding tert-OH is 1. The third kappa shape index (κ3) is 6.29. The lowest BCUT2D eigenvalue weighted by Crippen LogP contribution is -2.38. The van der Waals surface area contributed by atoms with Crippen LogP contribution >= 0.6 is 0 Å². The van der Waals surface area contributed by atoms with Crippen LogP contribution in [-0.2, 0) is 14.8 Å². The summed E-state index contributed by atoms with van der Waals surface area (Å²) >= 11 is 0. The number of nitrogens with two attached hydrogens (primary N) is 1. The van der Waals surface area contributed by atoms with E-state index >= 15 is 0 Å². The summed E-state index contributed by atoms with van der Waals surface area (Å²) in [6.45, 7) is 1.94. The van der Waals surface area contributed by atoms with E-state index in [2.05, 4.69) is 9.71 Å². The summed E-state index contributed by atoms with van der Waals surface area (Å²) in [7, 11) is -3.66. The molecule has 13 heteroatoms. The highest BCUT2D eigenvalue weighted by molar-refractivity contribution is 7.89. The smallest absolute Gasteiger partial charge is 0.475 e. The number of carboxylic acids is 1. The van der Waals surface area contributed by atoms with Crippen molar-refractivity contribution in [3.63, 3.8) is 0 Å². The summed E-state index contributed by atoms with van der Waals surface area (Å²) in [4.78, 5) is 13.5. The molecule has 1 saturated carbocycles. The molecule has 35 heavy (non-hydrogen) atoms. The predicted molar refractivity (Wildman–Crippen MR) is 122 cm³/mol. The highest BCUT2D eigenvalue weighted by Crippen LogP contribution is 2.29. The van der Waals surface area contributed by atoms with Crippen LogP contribution in [-0.4, -0.2) is 52.3 Å². The molecule has 4 rings (SSSR count). The molecular weight excluding hydrogens is 489 g/mol. The number of benzene rings is 1. The number of aromatic nitrogens is 2. The van der Waals surface area contributed by atoms with Gasteiger partial charge in [-0.05, 0) is 62.4 Å². The van der Waals surface area contributed by atoms with Crippen molar-refractivity contribution < 1.29 is 36.6 Å². The van der Waals surface area contributed by atoms with Crippen LogP contribution in [0.25, 0.3) is 16.9 Å². The summed E-state index contributed by atoms with van der Waals surface area (Å²) < 4.78 is 62.2. The normalized spacial score (nSPS) is 18.7. The standard InChI is InChI=1S/C20H24N4O3S.C2HF3O2/c1-13-4-9-16(28(26,27)23-14-5-7-15(25)8-6-14)11-17(13)19-12-22-20-18(21)3-2-10-24(19)20;3-2(4,5)1(6)7/h2-4,9-12,14-15,23,25H,5-8,21H2,1H3;(H,6,7). The number of imidazole rings is 1. The van der Waals surface area contributed by atoms with Gasteiger partial charge in [-0.3, -0.25) is 4.40 Å². The molecule has 1 fully saturated rings. The maximum absolute atomic E-state index is 12.9. The van der Waals surface area contributed by atoms with Crippen molar-refractivity contribution in [2.24, 2.45) is 0 Å². The molecule has 2 aromatic heterocycles. The van der Waals surface area contributed by atoms with Gasteiger partial charge < -0.3 is 15.9 Å². The Morgan fingerprint density at radius 3 is 2.43 bits per heavy atom. The molecule has 190 valence electrons. The van der Waals surface area contributed by atoms with Crippen molar-refractivity contribution in [1.29, 1.82) is 0 Å². The Morgan fingerprint density at radius 2 is 1.83 bits per heavy atom. The van der Waals surface area contributed by atoms with Gasteiger partial charge in [0.1, 0.15) is 0 Å². The molecule has 0 unspecified atom stereocenters. The van der Waals surface area contributed by atoms with E-state index in [4.69, 9.17) is 15.6 Å². The van der Waals surface area contributed by atoms with E-state index < -0.39 is 22.2 Å². The fourth-order valence-corrected chi connectivity index (χ4v) is 5.09. The largest absolute Gasteiger partial charge is 0.490 e. The van der Waals surface area contributed by atoms with Gasteiger partial charge in [0.15, 0.2) is 5.65 Å². The number of nitrogens with one attached hydrogen (secondary N) is 1. The number of aliphatic carboxylic acids is 1. The summed E-state index contributed by atoms with van der Waals surface area (Å²) in [6.07, 6.45) is 0.692. The van der Waals surface area contributed by atoms with Crippen molar-refractivity contribution in [2.45, 2.75) is 55.8 Å². The Labute approximate surface area is 199 Å². The number of aryl methyl sites for hydroxylation is 1. The molecule has 1 aromatic carbocycles. The second-order valence-corrected chi connectivity index (χ2v) is 9.92. The van der Waals surface area contributed by atoms with E-state index in [0.717, 1.165) is 16.8 Å². The number of nitrogen functional groups attached to an aromatic ring is 1. The summed E-state index contributed by atoms with van der Waals surface area (Å²) in [5.74, 6) is -2.76. The second-order valence-electron chi connectivity index (χ2n) is 8.21. The lowest BCUT2D eigenvalue weighted by molar-refractivity contribution is -0.192. The lowest BCUT2D eigenvalue weighted by atomic mass is 9.94. The Kier molecular flexibility index (Phi) is 7.72. The van der Waals surface area contributed by atoms with Crippen LogP contribution in [0.1, 0.15) is 31.2 Å². The molecule has 0 radical (unpaired) electrons. The zero-order chi connectivity index (χ0) is 26.0. The second kappa shape index (κ2) is 10.2. The molecule has 0 aliphatic heterocycles. The van der Waals surface area contributed by atoms with Gasteiger partial charge in [-0.1, -0.05) is 6.07 Å². The molecule has 1 aliphatic rings. The van der Waals surface area contributed by atoms with Gasteiger partial charge in [-0.25, -0.2) is 22.9 Å². The fraction of sp³-hybridized carbons (Fsp3) is 0.364. The first-order valence-corrected chi connectivity index (χ1v) is 12.1. The predicted octanol–water partition coefficient (Wildman–Crippen LogP) is 3.11. The molecule has 0 amide bonds. The summed E-state index contributed by atoms with van der Waals surface area (Å²) in [5.41, 5.74) is 9.73. The van der Waals surface area contributed by atoms with Gasteiger partial charge >= 0.3 is 12.1 Å². The van der Waals surface area contributed by atoms with E-state index in [0.29, 0.717) is 37.0 Å². The zero-order valence-electron chi connectivity index (χ0n) is 18.7. The van der Waals surface area contributed by atoms with E-state index in [1.807, 2.05) is 23.6 Å². The molecule has 3 aromatic rings. The van der Waals surface area contributed by atoms with Crippen molar-refractivity contribution in [3.8, 4) is 11.3 Å². The molecule has 0 spiro atoms. The fourth-order valence-electron chi connectivity index (χ4n) is 3.76. The average Bonchev–Trinajstić information content (AvgIpc) is 3.20. The first-order valence-electron chi connectivity index (χ1n) is 10.6. The molecule has 9 nitrogen and oxygen atoms in total. The summed E-state index contributed by atoms with van der Waals surface area (Å²) in [6, 6.07) is 8.58. The Bertz CT molecular complexity index is 1320. The maximum Gasteiger partial charge on any atom is 0.490 e. The number of hydrogen-bond donors (Lipinski definition) is 4. The van der Waals surface area contributed by atoms with Crippen LogP contribution in [0, 0.1) is 6.92 Å². The van der Waals surface area contributed by atoms with Gasteiger partial charge in [0, 0.05) is 17.8 Å². The van der Waals surface area contributed by atoms with Crippen molar-refractivity contribution in [1.82, 2.24) is 14.1 Å². The number of carbonyl (C=O) groups is 1. The van der Waals surface area contributed by atoms with E-state index in [-0.39, 0.29) is 17.0 Å². The Balaban J connectivity index is 0.000000429. The van der Waals surface area contributed by atoms with Crippen molar-refractivity contribution in [2.75, 3.05) is 5.73 Å². The van der Waals surface area contributed by atoms with Crippen LogP contribution in [0.4, 0.5) is 18.9 Å². The SMILES string of the molecule is Cc1ccc(S(=O)(=O)NC2CCC(O)CC2)cc1-c1cnc2c(N)cccn12.O=C(O)C(F)(F)F. The van der Waals surface area contributed by atoms with Crippen molar-refractivity contribution in [3.05, 3.63) is 48.3 Å². The minimum absolute atomic E-state index is 0.145. The first kappa shape index (κ1) is 26.4. The lowest BCUT2D eigenvalue weighted by Gasteiger charge is -2.26. The Morgan fingerprint density at radius 1 is 1.20 bits per heavy atom. The number of fused-ring (bicyclic) bond motifs is 1. The molecule has 0 atom stereocenters. The number of aliphatic hydroxyl groups is 1. The van der Waals surface area contributed by atoms with Crippen LogP contribution in [0.2, 0.25) is 0 Å². The number of anilines is 1. The highest BCUT2D eigenvalue weighted by Gasteiger charge is 2.38. The monoisotopic (exact) mass is 514 g/mol. The van der Waals surface area contributed by atoms with Gasteiger partial charge in [0.2, 0.25) is 10.0 Å². The maximum atomic E-state index is 12.9. The number of sulfonamides is 1. The minimum Gasteiger partial charge on any atom is -0.475 e. The average molecular weight is 515 g/mol. The van der Waals surface area contributed by atoms with Crippen LogP contribution < -0.4 is 10.5 Å². The molecular formula is C22H25F3N4O5S. The van der Waals surface area contributed by atoms with Crippen LogP contribution in [0.3, 0.4) is 0 Å². The van der Waals surface area contributed by atoms with E-state index in [1.165, 1.54) is 0 Å². The van der Waals surface area contributed by atoms with E-state index in [1.54, 1.807) is 30.5 Å². The van der Waals surface area contributed by atoms with Gasteiger partial charge in [0.05, 0.1) is 28.6 Å². The number of nitrogens with zero attached hydrogens (tertiary/aromatic N) is 2. The molecule has 0 bridgehead atoms. The molecule has 5 N–H and O–H groups in total. The molecule has 0 saturated heterocycles. The topological polar surface area (TPSA) is 147 Å². The number of alkyl halides is 3. The Hall–Kier alpha value is -3.16. The third-order valence-electron chi connectivity index (χ3n) is 5.62. The van der Waals surface area contributed by atoms with Gasteiger partial charge in [-0.15, -0.1) is 0 Å². The number of halogens is 3. The number of pyridine rings is 1. The molecule has 1 aliphatic carbocycles. The third-order valence-corrected chi connectivity index (χ3v) is 7.14.